The predicted octanol–water partition coefficient (Wildman–Crippen LogP) is 1.30. The molecule has 0 radical (unpaired) electrons. The maximum absolute atomic E-state index is 4.73. The highest BCUT2D eigenvalue weighted by Gasteiger charge is 2.24. The van der Waals surface area contributed by atoms with E-state index in [1.165, 1.54) is 0 Å². The minimum absolute atomic E-state index is 0.714. The first-order valence-electron chi connectivity index (χ1n) is 9.36. The summed E-state index contributed by atoms with van der Waals surface area (Å²) >= 11 is 0. The third-order valence-electron chi connectivity index (χ3n) is 4.80. The molecular weight excluding hydrogens is 342 g/mol. The molecule has 3 aromatic rings. The fourth-order valence-corrected chi connectivity index (χ4v) is 3.28. The van der Waals surface area contributed by atoms with Gasteiger partial charge in [0, 0.05) is 26.2 Å². The standard InChI is InChI=1S/C18H23N9/c1-3-15-16(4-2)20-21-17(19-15)25-10-12-26(13-11-25)18-22-23-24-27(18)14-8-6-5-7-9-14/h5-9H,3-4,10-13H2,1-2H3. The molecule has 4 rings (SSSR count). The SMILES string of the molecule is CCc1nnc(N2CCN(c3nnnn3-c3ccccc3)CC2)nc1CC. The van der Waals surface area contributed by atoms with E-state index in [-0.39, 0.29) is 0 Å². The van der Waals surface area contributed by atoms with Gasteiger partial charge in [0.15, 0.2) is 0 Å². The summed E-state index contributed by atoms with van der Waals surface area (Å²) in [5.41, 5.74) is 2.98. The summed E-state index contributed by atoms with van der Waals surface area (Å²) in [6, 6.07) is 9.94. The number of tetrazole rings is 1. The van der Waals surface area contributed by atoms with E-state index in [1.54, 1.807) is 4.68 Å². The highest BCUT2D eigenvalue weighted by Crippen LogP contribution is 2.19. The minimum atomic E-state index is 0.714. The molecule has 0 aliphatic carbocycles. The average molecular weight is 365 g/mol. The van der Waals surface area contributed by atoms with E-state index in [2.05, 4.69) is 49.4 Å². The first-order valence-corrected chi connectivity index (χ1v) is 9.36. The molecule has 140 valence electrons. The van der Waals surface area contributed by atoms with Crippen molar-refractivity contribution in [2.45, 2.75) is 26.7 Å². The first kappa shape index (κ1) is 17.3. The number of benzene rings is 1. The number of anilines is 2. The maximum atomic E-state index is 4.73. The lowest BCUT2D eigenvalue weighted by Crippen LogP contribution is -2.48. The lowest BCUT2D eigenvalue weighted by atomic mass is 10.2. The van der Waals surface area contributed by atoms with Crippen LogP contribution in [0.1, 0.15) is 25.2 Å². The number of hydrogen-bond donors (Lipinski definition) is 0. The molecule has 3 heterocycles. The van der Waals surface area contributed by atoms with Crippen LogP contribution >= 0.6 is 0 Å². The van der Waals surface area contributed by atoms with Gasteiger partial charge in [-0.25, -0.2) is 4.98 Å². The van der Waals surface area contributed by atoms with Crippen molar-refractivity contribution < 1.29 is 0 Å². The Labute approximate surface area is 158 Å². The number of aryl methyl sites for hydroxylation is 2. The van der Waals surface area contributed by atoms with Crippen molar-refractivity contribution in [3.05, 3.63) is 41.7 Å². The molecule has 0 unspecified atom stereocenters. The second kappa shape index (κ2) is 7.65. The van der Waals surface area contributed by atoms with Crippen LogP contribution < -0.4 is 9.80 Å². The van der Waals surface area contributed by atoms with Gasteiger partial charge < -0.3 is 9.80 Å². The Balaban J connectivity index is 1.48. The summed E-state index contributed by atoms with van der Waals surface area (Å²) in [7, 11) is 0. The van der Waals surface area contributed by atoms with E-state index in [0.717, 1.165) is 62.0 Å². The third kappa shape index (κ3) is 3.44. The summed E-state index contributed by atoms with van der Waals surface area (Å²) in [6.45, 7) is 7.39. The van der Waals surface area contributed by atoms with Crippen molar-refractivity contribution >= 4 is 11.9 Å². The maximum Gasteiger partial charge on any atom is 0.250 e. The van der Waals surface area contributed by atoms with Crippen LogP contribution in [-0.2, 0) is 12.8 Å². The van der Waals surface area contributed by atoms with E-state index in [0.29, 0.717) is 5.95 Å². The van der Waals surface area contributed by atoms with Gasteiger partial charge in [0.05, 0.1) is 17.1 Å². The molecule has 1 aliphatic rings. The zero-order valence-corrected chi connectivity index (χ0v) is 15.7. The molecule has 0 N–H and O–H groups in total. The number of hydrogen-bond acceptors (Lipinski definition) is 8. The molecular formula is C18H23N9. The van der Waals surface area contributed by atoms with E-state index in [9.17, 15) is 0 Å². The number of nitrogens with zero attached hydrogens (tertiary/aromatic N) is 9. The molecule has 9 heteroatoms. The van der Waals surface area contributed by atoms with Gasteiger partial charge in [0.25, 0.3) is 0 Å². The van der Waals surface area contributed by atoms with Crippen LogP contribution in [0.25, 0.3) is 5.69 Å². The molecule has 0 atom stereocenters. The van der Waals surface area contributed by atoms with E-state index < -0.39 is 0 Å². The van der Waals surface area contributed by atoms with Crippen LogP contribution in [0, 0.1) is 0 Å². The smallest absolute Gasteiger partial charge is 0.250 e. The first-order chi connectivity index (χ1) is 13.3. The zero-order chi connectivity index (χ0) is 18.6. The van der Waals surface area contributed by atoms with Gasteiger partial charge in [-0.15, -0.1) is 5.10 Å². The van der Waals surface area contributed by atoms with Gasteiger partial charge in [-0.2, -0.15) is 9.78 Å². The Morgan fingerprint density at radius 1 is 0.815 bits per heavy atom. The van der Waals surface area contributed by atoms with Crippen LogP contribution in [-0.4, -0.2) is 61.6 Å². The molecule has 0 saturated carbocycles. The van der Waals surface area contributed by atoms with Gasteiger partial charge >= 0.3 is 0 Å². The summed E-state index contributed by atoms with van der Waals surface area (Å²) in [4.78, 5) is 9.10. The van der Waals surface area contributed by atoms with Gasteiger partial charge in [-0.1, -0.05) is 37.1 Å². The monoisotopic (exact) mass is 365 g/mol. The third-order valence-corrected chi connectivity index (χ3v) is 4.80. The van der Waals surface area contributed by atoms with Gasteiger partial charge in [0.1, 0.15) is 0 Å². The molecule has 2 aromatic heterocycles. The summed E-state index contributed by atoms with van der Waals surface area (Å²) in [5, 5.41) is 20.9. The Hall–Kier alpha value is -3.10. The van der Waals surface area contributed by atoms with Gasteiger partial charge in [0.2, 0.25) is 11.9 Å². The van der Waals surface area contributed by atoms with E-state index in [4.69, 9.17) is 4.98 Å². The van der Waals surface area contributed by atoms with Crippen molar-refractivity contribution in [2.24, 2.45) is 0 Å². The molecule has 0 amide bonds. The number of piperazine rings is 1. The van der Waals surface area contributed by atoms with Crippen LogP contribution in [0.2, 0.25) is 0 Å². The minimum Gasteiger partial charge on any atom is -0.336 e. The van der Waals surface area contributed by atoms with Crippen LogP contribution in [0.5, 0.6) is 0 Å². The molecule has 9 nitrogen and oxygen atoms in total. The van der Waals surface area contributed by atoms with Crippen LogP contribution in [0.3, 0.4) is 0 Å². The zero-order valence-electron chi connectivity index (χ0n) is 15.7. The van der Waals surface area contributed by atoms with Crippen molar-refractivity contribution in [3.8, 4) is 5.69 Å². The van der Waals surface area contributed by atoms with Gasteiger partial charge in [-0.05, 0) is 35.4 Å². The quantitative estimate of drug-likeness (QED) is 0.668. The Morgan fingerprint density at radius 2 is 1.52 bits per heavy atom. The second-order valence-corrected chi connectivity index (χ2v) is 6.41. The van der Waals surface area contributed by atoms with Gasteiger partial charge in [-0.3, -0.25) is 0 Å². The highest BCUT2D eigenvalue weighted by molar-refractivity contribution is 5.43. The Morgan fingerprint density at radius 3 is 2.22 bits per heavy atom. The normalized spacial score (nSPS) is 14.6. The fourth-order valence-electron chi connectivity index (χ4n) is 3.28. The largest absolute Gasteiger partial charge is 0.336 e. The molecule has 1 aromatic carbocycles. The van der Waals surface area contributed by atoms with E-state index in [1.807, 2.05) is 30.3 Å². The summed E-state index contributed by atoms with van der Waals surface area (Å²) in [6.07, 6.45) is 1.73. The summed E-state index contributed by atoms with van der Waals surface area (Å²) in [5.74, 6) is 1.47. The lowest BCUT2D eigenvalue weighted by Gasteiger charge is -2.34. The Bertz CT molecular complexity index is 885. The van der Waals surface area contributed by atoms with Crippen LogP contribution in [0.4, 0.5) is 11.9 Å². The molecule has 1 fully saturated rings. The summed E-state index contributed by atoms with van der Waals surface area (Å²) < 4.78 is 1.78. The Kier molecular flexibility index (Phi) is 4.91. The molecule has 0 spiro atoms. The van der Waals surface area contributed by atoms with Crippen molar-refractivity contribution in [3.63, 3.8) is 0 Å². The second-order valence-electron chi connectivity index (χ2n) is 6.41. The van der Waals surface area contributed by atoms with E-state index >= 15 is 0 Å². The average Bonchev–Trinajstić information content (AvgIpc) is 3.24. The molecule has 1 saturated heterocycles. The van der Waals surface area contributed by atoms with Crippen molar-refractivity contribution in [1.82, 2.24) is 35.4 Å². The molecule has 1 aliphatic heterocycles. The predicted molar refractivity (Wildman–Crippen MR) is 102 cm³/mol. The molecule has 27 heavy (non-hydrogen) atoms. The van der Waals surface area contributed by atoms with Crippen molar-refractivity contribution in [2.75, 3.05) is 36.0 Å². The number of rotatable bonds is 5. The topological polar surface area (TPSA) is 88.8 Å². The fraction of sp³-hybridized carbons (Fsp3) is 0.444. The lowest BCUT2D eigenvalue weighted by molar-refractivity contribution is 0.612. The number of aromatic nitrogens is 7. The van der Waals surface area contributed by atoms with Crippen molar-refractivity contribution in [1.29, 1.82) is 0 Å². The number of para-hydroxylation sites is 1. The highest BCUT2D eigenvalue weighted by atomic mass is 15.6. The molecule has 0 bridgehead atoms. The van der Waals surface area contributed by atoms with Crippen LogP contribution in [0.15, 0.2) is 30.3 Å².